The van der Waals surface area contributed by atoms with Crippen LogP contribution in [0.1, 0.15) is 58.2 Å². The van der Waals surface area contributed by atoms with Crippen molar-refractivity contribution in [2.45, 2.75) is 60.8 Å². The molecular weight excluding hydrogens is 1030 g/mol. The van der Waals surface area contributed by atoms with Crippen molar-refractivity contribution >= 4 is 0 Å². The zero-order chi connectivity index (χ0) is 57.0. The highest BCUT2D eigenvalue weighted by atomic mass is 16.6. The van der Waals surface area contributed by atoms with E-state index < -0.39 is 0 Å². The van der Waals surface area contributed by atoms with Crippen LogP contribution in [0.4, 0.5) is 0 Å². The fourth-order valence-electron chi connectivity index (χ4n) is 7.12. The van der Waals surface area contributed by atoms with E-state index in [-0.39, 0.29) is 6.61 Å². The Morgan fingerprint density at radius 2 is 0.430 bits per heavy atom. The lowest BCUT2D eigenvalue weighted by Crippen LogP contribution is -2.16. The van der Waals surface area contributed by atoms with Crippen molar-refractivity contribution in [1.82, 2.24) is 0 Å². The van der Waals surface area contributed by atoms with E-state index in [0.29, 0.717) is 275 Å². The van der Waals surface area contributed by atoms with Crippen LogP contribution in [0.15, 0.2) is 12.1 Å². The average Bonchev–Trinajstić information content (AvgIpc) is 3.49. The molecule has 1 aromatic rings. The zero-order valence-corrected chi connectivity index (χ0v) is 49.9. The van der Waals surface area contributed by atoms with Crippen LogP contribution in [0, 0.1) is 17.8 Å². The maximum atomic E-state index is 8.61. The van der Waals surface area contributed by atoms with E-state index in [2.05, 4.69) is 53.7 Å². The molecule has 0 aliphatic heterocycles. The minimum Gasteiger partial charge on any atom is -0.491 e. The van der Waals surface area contributed by atoms with Gasteiger partial charge in [0.2, 0.25) is 0 Å². The molecule has 1 rings (SSSR count). The van der Waals surface area contributed by atoms with Gasteiger partial charge in [-0.25, -0.2) is 0 Å². The van der Waals surface area contributed by atoms with E-state index in [0.717, 1.165) is 25.0 Å². The van der Waals surface area contributed by atoms with Gasteiger partial charge in [0, 0.05) is 0 Å². The number of hydrogen-bond donors (Lipinski definition) is 1. The Bertz CT molecular complexity index is 1370. The summed E-state index contributed by atoms with van der Waals surface area (Å²) in [6.45, 7) is 32.9. The van der Waals surface area contributed by atoms with Crippen LogP contribution >= 0.6 is 0 Å². The Labute approximate surface area is 475 Å². The third-order valence-corrected chi connectivity index (χ3v) is 10.8. The number of hydrogen-bond acceptors (Lipinski definition) is 21. The summed E-state index contributed by atoms with van der Waals surface area (Å²) >= 11 is 0. The van der Waals surface area contributed by atoms with Crippen LogP contribution in [0.5, 0.6) is 5.75 Å². The largest absolute Gasteiger partial charge is 0.491 e. The second kappa shape index (κ2) is 60.8. The number of rotatable bonds is 66. The van der Waals surface area contributed by atoms with Gasteiger partial charge in [0.05, 0.1) is 258 Å². The second-order valence-corrected chi connectivity index (χ2v) is 19.2. The van der Waals surface area contributed by atoms with E-state index in [4.69, 9.17) is 99.8 Å². The first-order valence-corrected chi connectivity index (χ1v) is 29.2. The summed E-state index contributed by atoms with van der Waals surface area (Å²) in [6.07, 6.45) is 3.19. The van der Waals surface area contributed by atoms with Gasteiger partial charge < -0.3 is 99.8 Å². The van der Waals surface area contributed by atoms with Crippen LogP contribution in [0.2, 0.25) is 0 Å². The van der Waals surface area contributed by atoms with E-state index in [1.54, 1.807) is 0 Å². The van der Waals surface area contributed by atoms with Gasteiger partial charge in [0.1, 0.15) is 12.4 Å². The highest BCUT2D eigenvalue weighted by Gasteiger charge is 2.18. The first-order valence-electron chi connectivity index (χ1n) is 29.2. The number of aliphatic hydroxyl groups excluding tert-OH is 1. The molecule has 0 heterocycles. The highest BCUT2D eigenvalue weighted by Crippen LogP contribution is 2.32. The smallest absolute Gasteiger partial charge is 0.122 e. The molecule has 0 fully saturated rings. The van der Waals surface area contributed by atoms with E-state index in [9.17, 15) is 0 Å². The molecule has 0 spiro atoms. The fourth-order valence-corrected chi connectivity index (χ4v) is 7.12. The van der Waals surface area contributed by atoms with Gasteiger partial charge in [-0.15, -0.1) is 0 Å². The Balaban J connectivity index is 1.71. The summed E-state index contributed by atoms with van der Waals surface area (Å²) in [5.74, 6) is 2.77. The van der Waals surface area contributed by atoms with E-state index in [1.165, 1.54) is 16.7 Å². The van der Waals surface area contributed by atoms with Crippen LogP contribution < -0.4 is 4.74 Å². The topological polar surface area (TPSA) is 205 Å². The standard InChI is InChI=1S/C58H110O21/c1-52(2)49-55-7-8-58(57(51-54(5)6)56(55)50-53(3)4)79-48-47-78-46-45-77-44-43-76-42-41-75-40-39-74-38-37-73-36-35-72-34-33-71-32-31-70-30-29-69-28-27-68-26-25-67-24-23-66-22-21-65-20-19-64-18-17-63-16-15-62-14-13-61-12-11-60-10-9-59/h7-8,52-54,59H,9-51H2,1-6H3. The van der Waals surface area contributed by atoms with Crippen molar-refractivity contribution in [3.05, 3.63) is 28.8 Å². The molecule has 1 aromatic carbocycles. The number of ether oxygens (including phenoxy) is 20. The molecule has 0 atom stereocenters. The minimum absolute atomic E-state index is 0.0193. The van der Waals surface area contributed by atoms with Gasteiger partial charge in [-0.2, -0.15) is 0 Å². The van der Waals surface area contributed by atoms with Crippen molar-refractivity contribution in [2.24, 2.45) is 17.8 Å². The van der Waals surface area contributed by atoms with Crippen molar-refractivity contribution in [1.29, 1.82) is 0 Å². The summed E-state index contributed by atoms with van der Waals surface area (Å²) < 4.78 is 111. The van der Waals surface area contributed by atoms with Gasteiger partial charge in [-0.3, -0.25) is 0 Å². The lowest BCUT2D eigenvalue weighted by atomic mass is 9.86. The van der Waals surface area contributed by atoms with Crippen LogP contribution in [-0.4, -0.2) is 269 Å². The monoisotopic (exact) mass is 1140 g/mol. The molecule has 79 heavy (non-hydrogen) atoms. The van der Waals surface area contributed by atoms with Crippen LogP contribution in [0.25, 0.3) is 0 Å². The zero-order valence-electron chi connectivity index (χ0n) is 49.9. The summed E-state index contributed by atoms with van der Waals surface area (Å²) in [5, 5.41) is 8.61. The Hall–Kier alpha value is -1.78. The summed E-state index contributed by atoms with van der Waals surface area (Å²) in [4.78, 5) is 0. The van der Waals surface area contributed by atoms with E-state index >= 15 is 0 Å². The number of aliphatic hydroxyl groups is 1. The molecule has 0 aliphatic rings. The van der Waals surface area contributed by atoms with Crippen molar-refractivity contribution in [3.8, 4) is 5.75 Å². The van der Waals surface area contributed by atoms with E-state index in [1.807, 2.05) is 0 Å². The molecular formula is C58H110O21. The maximum absolute atomic E-state index is 8.61. The van der Waals surface area contributed by atoms with Gasteiger partial charge >= 0.3 is 0 Å². The van der Waals surface area contributed by atoms with Crippen LogP contribution in [0.3, 0.4) is 0 Å². The molecule has 21 heteroatoms. The summed E-state index contributed by atoms with van der Waals surface area (Å²) in [6, 6.07) is 4.44. The van der Waals surface area contributed by atoms with Gasteiger partial charge in [0.15, 0.2) is 0 Å². The van der Waals surface area contributed by atoms with Crippen molar-refractivity contribution < 1.29 is 99.8 Å². The second-order valence-electron chi connectivity index (χ2n) is 19.2. The minimum atomic E-state index is 0.0193. The molecule has 0 radical (unpaired) electrons. The van der Waals surface area contributed by atoms with Gasteiger partial charge in [-0.1, -0.05) is 47.6 Å². The maximum Gasteiger partial charge on any atom is 0.122 e. The fraction of sp³-hybridized carbons (Fsp3) is 0.897. The Morgan fingerprint density at radius 3 is 0.633 bits per heavy atom. The molecule has 1 N–H and O–H groups in total. The summed E-state index contributed by atoms with van der Waals surface area (Å²) in [5.41, 5.74) is 4.32. The lowest BCUT2D eigenvalue weighted by Gasteiger charge is -2.22. The lowest BCUT2D eigenvalue weighted by molar-refractivity contribution is -0.0313. The summed E-state index contributed by atoms with van der Waals surface area (Å²) in [7, 11) is 0. The molecule has 0 aliphatic carbocycles. The quantitative estimate of drug-likeness (QED) is 0.0856. The Morgan fingerprint density at radius 1 is 0.241 bits per heavy atom. The van der Waals surface area contributed by atoms with Crippen molar-refractivity contribution in [3.63, 3.8) is 0 Å². The molecule has 0 amide bonds. The molecule has 0 aromatic heterocycles. The van der Waals surface area contributed by atoms with Gasteiger partial charge in [0.25, 0.3) is 0 Å². The van der Waals surface area contributed by atoms with Crippen LogP contribution in [-0.2, 0) is 109 Å². The molecule has 0 unspecified atom stereocenters. The third kappa shape index (κ3) is 53.9. The molecule has 468 valence electrons. The highest BCUT2D eigenvalue weighted by molar-refractivity contribution is 5.46. The molecule has 0 saturated carbocycles. The SMILES string of the molecule is CC(C)Cc1ccc(OCCOCCOCCOCCOCCOCCOCCOCCOCCOCCOCCOCCOCCOCCOCCOCCOCCOCCOCCOCCO)c(CC(C)C)c1CC(C)C. The Kier molecular flexibility index (Phi) is 57.9. The first-order chi connectivity index (χ1) is 38.8. The third-order valence-electron chi connectivity index (χ3n) is 10.8. The average molecular weight is 1140 g/mol. The molecule has 21 nitrogen and oxygen atoms in total. The van der Waals surface area contributed by atoms with Gasteiger partial charge in [-0.05, 0) is 59.8 Å². The number of benzene rings is 1. The van der Waals surface area contributed by atoms with Crippen molar-refractivity contribution in [2.75, 3.05) is 264 Å². The molecule has 0 saturated heterocycles. The normalized spacial score (nSPS) is 11.9. The molecule has 0 bridgehead atoms. The first kappa shape index (κ1) is 75.2. The predicted molar refractivity (Wildman–Crippen MR) is 300 cm³/mol. The predicted octanol–water partition coefficient (Wildman–Crippen LogP) is 4.97.